The van der Waals surface area contributed by atoms with Gasteiger partial charge in [-0.05, 0) is 12.1 Å². The summed E-state index contributed by atoms with van der Waals surface area (Å²) in [5.41, 5.74) is 1.74. The summed E-state index contributed by atoms with van der Waals surface area (Å²) in [5, 5.41) is 13.8. The molecule has 2 N–H and O–H groups in total. The van der Waals surface area contributed by atoms with Crippen molar-refractivity contribution in [1.82, 2.24) is 15.1 Å². The number of halogens is 1. The van der Waals surface area contributed by atoms with E-state index in [2.05, 4.69) is 10.2 Å². The van der Waals surface area contributed by atoms with Crippen molar-refractivity contribution < 1.29 is 19.4 Å². The van der Waals surface area contributed by atoms with E-state index in [0.717, 1.165) is 43.1 Å². The third-order valence-electron chi connectivity index (χ3n) is 4.97. The number of nitrogens with zero attached hydrogens (tertiary/aromatic N) is 2. The van der Waals surface area contributed by atoms with E-state index < -0.39 is 6.10 Å². The Kier molecular flexibility index (Phi) is 7.52. The zero-order valence-electron chi connectivity index (χ0n) is 15.4. The number of ether oxygens (including phenoxy) is 2. The lowest BCUT2D eigenvalue weighted by atomic mass is 9.95. The summed E-state index contributed by atoms with van der Waals surface area (Å²) >= 11 is 0. The average Bonchev–Trinajstić information content (AvgIpc) is 2.65. The van der Waals surface area contributed by atoms with Gasteiger partial charge in [-0.3, -0.25) is 9.69 Å². The van der Waals surface area contributed by atoms with Gasteiger partial charge in [-0.1, -0.05) is 0 Å². The van der Waals surface area contributed by atoms with Crippen molar-refractivity contribution in [3.8, 4) is 11.5 Å². The van der Waals surface area contributed by atoms with Gasteiger partial charge in [0, 0.05) is 63.4 Å². The van der Waals surface area contributed by atoms with Crippen molar-refractivity contribution in [2.75, 3.05) is 53.5 Å². The zero-order chi connectivity index (χ0) is 17.8. The molecule has 0 saturated carbocycles. The molecule has 1 aromatic carbocycles. The number of benzene rings is 1. The highest BCUT2D eigenvalue weighted by molar-refractivity contribution is 5.85. The number of aliphatic hydroxyl groups is 1. The fourth-order valence-electron chi connectivity index (χ4n) is 3.64. The van der Waals surface area contributed by atoms with Gasteiger partial charge in [0.25, 0.3) is 0 Å². The van der Waals surface area contributed by atoms with Gasteiger partial charge >= 0.3 is 0 Å². The maximum Gasteiger partial charge on any atom is 0.223 e. The SMILES string of the molecule is COc1ccc(OC)c2c1CN(CCC(=O)N1CCNCC1)CC2O.Cl. The first-order valence-corrected chi connectivity index (χ1v) is 8.76. The van der Waals surface area contributed by atoms with E-state index in [0.29, 0.717) is 31.8 Å². The first-order valence-electron chi connectivity index (χ1n) is 8.76. The first kappa shape index (κ1) is 20.8. The number of fused-ring (bicyclic) bond motifs is 1. The molecule has 1 aromatic rings. The van der Waals surface area contributed by atoms with E-state index in [-0.39, 0.29) is 18.3 Å². The monoisotopic (exact) mass is 385 g/mol. The first-order chi connectivity index (χ1) is 12.1. The highest BCUT2D eigenvalue weighted by atomic mass is 35.5. The molecule has 1 unspecified atom stereocenters. The molecule has 1 saturated heterocycles. The molecule has 146 valence electrons. The summed E-state index contributed by atoms with van der Waals surface area (Å²) in [6, 6.07) is 3.68. The summed E-state index contributed by atoms with van der Waals surface area (Å²) in [6.07, 6.45) is -0.183. The number of nitrogens with one attached hydrogen (secondary N) is 1. The van der Waals surface area contributed by atoms with E-state index in [1.165, 1.54) is 0 Å². The molecule has 0 radical (unpaired) electrons. The molecule has 1 amide bonds. The molecule has 0 spiro atoms. The highest BCUT2D eigenvalue weighted by Crippen LogP contribution is 2.39. The maximum absolute atomic E-state index is 12.4. The smallest absolute Gasteiger partial charge is 0.223 e. The summed E-state index contributed by atoms with van der Waals surface area (Å²) in [7, 11) is 3.23. The number of carbonyl (C=O) groups excluding carboxylic acids is 1. The van der Waals surface area contributed by atoms with Gasteiger partial charge in [0.15, 0.2) is 0 Å². The van der Waals surface area contributed by atoms with Crippen LogP contribution in [0.1, 0.15) is 23.7 Å². The van der Waals surface area contributed by atoms with Gasteiger partial charge in [0.1, 0.15) is 11.5 Å². The molecule has 2 heterocycles. The van der Waals surface area contributed by atoms with Crippen LogP contribution in [-0.2, 0) is 11.3 Å². The minimum atomic E-state index is -0.650. The normalized spacial score (nSPS) is 20.1. The van der Waals surface area contributed by atoms with Crippen LogP contribution < -0.4 is 14.8 Å². The molecule has 0 aromatic heterocycles. The molecule has 7 nitrogen and oxygen atoms in total. The number of hydrogen-bond acceptors (Lipinski definition) is 6. The highest BCUT2D eigenvalue weighted by Gasteiger charge is 2.30. The number of rotatable bonds is 5. The molecule has 26 heavy (non-hydrogen) atoms. The fourth-order valence-corrected chi connectivity index (χ4v) is 3.64. The van der Waals surface area contributed by atoms with Gasteiger partial charge < -0.3 is 24.8 Å². The molecule has 2 aliphatic rings. The lowest BCUT2D eigenvalue weighted by Crippen LogP contribution is -2.47. The van der Waals surface area contributed by atoms with Gasteiger partial charge in [0.2, 0.25) is 5.91 Å². The van der Waals surface area contributed by atoms with Crippen molar-refractivity contribution in [3.63, 3.8) is 0 Å². The Morgan fingerprint density at radius 3 is 2.54 bits per heavy atom. The van der Waals surface area contributed by atoms with E-state index in [4.69, 9.17) is 9.47 Å². The van der Waals surface area contributed by atoms with Crippen LogP contribution >= 0.6 is 12.4 Å². The number of β-amino-alcohol motifs (C(OH)–C–C–N with tert-alkyl or cyclic N) is 1. The Bertz CT molecular complexity index is 623. The molecular weight excluding hydrogens is 358 g/mol. The molecule has 2 aliphatic heterocycles. The number of hydrogen-bond donors (Lipinski definition) is 2. The van der Waals surface area contributed by atoms with Gasteiger partial charge in [0.05, 0.1) is 20.3 Å². The second-order valence-electron chi connectivity index (χ2n) is 6.49. The van der Waals surface area contributed by atoms with E-state index in [1.807, 2.05) is 17.0 Å². The Hall–Kier alpha value is -1.54. The fraction of sp³-hybridized carbons (Fsp3) is 0.611. The Labute approximate surface area is 160 Å². The minimum Gasteiger partial charge on any atom is -0.496 e. The number of piperazine rings is 1. The largest absolute Gasteiger partial charge is 0.496 e. The number of carbonyl (C=O) groups is 1. The molecule has 8 heteroatoms. The van der Waals surface area contributed by atoms with Gasteiger partial charge in [-0.2, -0.15) is 0 Å². The van der Waals surface area contributed by atoms with Crippen LogP contribution in [-0.4, -0.2) is 74.3 Å². The van der Waals surface area contributed by atoms with Crippen LogP contribution in [0.25, 0.3) is 0 Å². The van der Waals surface area contributed by atoms with Crippen LogP contribution in [0.5, 0.6) is 11.5 Å². The average molecular weight is 386 g/mol. The van der Waals surface area contributed by atoms with Crippen LogP contribution in [0.4, 0.5) is 0 Å². The molecule has 1 atom stereocenters. The predicted octanol–water partition coefficient (Wildman–Crippen LogP) is 0.796. The van der Waals surface area contributed by atoms with E-state index >= 15 is 0 Å². The number of methoxy groups -OCH3 is 2. The second-order valence-corrected chi connectivity index (χ2v) is 6.49. The summed E-state index contributed by atoms with van der Waals surface area (Å²) in [5.74, 6) is 1.60. The molecule has 0 aliphatic carbocycles. The molecular formula is C18H28ClN3O4. The standard InChI is InChI=1S/C18H27N3O4.ClH/c1-24-15-3-4-16(25-2)18-13(15)11-20(12-14(18)22)8-5-17(23)21-9-6-19-7-10-21;/h3-4,14,19,22H,5-12H2,1-2H3;1H. The van der Waals surface area contributed by atoms with Crippen molar-refractivity contribution in [1.29, 1.82) is 0 Å². The predicted molar refractivity (Wildman–Crippen MR) is 101 cm³/mol. The maximum atomic E-state index is 12.4. The van der Waals surface area contributed by atoms with Gasteiger partial charge in [-0.15, -0.1) is 12.4 Å². The third-order valence-corrected chi connectivity index (χ3v) is 4.97. The number of aliphatic hydroxyl groups excluding tert-OH is 1. The topological polar surface area (TPSA) is 74.3 Å². The quantitative estimate of drug-likeness (QED) is 0.781. The van der Waals surface area contributed by atoms with Crippen molar-refractivity contribution in [3.05, 3.63) is 23.3 Å². The third kappa shape index (κ3) is 4.40. The Morgan fingerprint density at radius 1 is 1.23 bits per heavy atom. The zero-order valence-corrected chi connectivity index (χ0v) is 16.2. The summed E-state index contributed by atoms with van der Waals surface area (Å²) < 4.78 is 10.8. The second kappa shape index (κ2) is 9.41. The molecule has 1 fully saturated rings. The lowest BCUT2D eigenvalue weighted by Gasteiger charge is -2.34. The van der Waals surface area contributed by atoms with Crippen LogP contribution in [0.2, 0.25) is 0 Å². The van der Waals surface area contributed by atoms with Crippen LogP contribution in [0.3, 0.4) is 0 Å². The van der Waals surface area contributed by atoms with Gasteiger partial charge in [-0.25, -0.2) is 0 Å². The van der Waals surface area contributed by atoms with Crippen molar-refractivity contribution in [2.45, 2.75) is 19.1 Å². The molecule has 0 bridgehead atoms. The Balaban J connectivity index is 0.00000243. The lowest BCUT2D eigenvalue weighted by molar-refractivity contribution is -0.132. The molecule has 3 rings (SSSR count). The summed E-state index contributed by atoms with van der Waals surface area (Å²) in [6.45, 7) is 5.02. The number of amides is 1. The summed E-state index contributed by atoms with van der Waals surface area (Å²) in [4.78, 5) is 16.4. The van der Waals surface area contributed by atoms with Crippen molar-refractivity contribution >= 4 is 18.3 Å². The Morgan fingerprint density at radius 2 is 1.88 bits per heavy atom. The minimum absolute atomic E-state index is 0. The van der Waals surface area contributed by atoms with E-state index in [1.54, 1.807) is 14.2 Å². The van der Waals surface area contributed by atoms with Crippen LogP contribution in [0.15, 0.2) is 12.1 Å². The van der Waals surface area contributed by atoms with Crippen molar-refractivity contribution in [2.24, 2.45) is 0 Å². The van der Waals surface area contributed by atoms with Crippen LogP contribution in [0, 0.1) is 0 Å². The van der Waals surface area contributed by atoms with E-state index in [9.17, 15) is 9.90 Å².